The van der Waals surface area contributed by atoms with Crippen LogP contribution in [0.25, 0.3) is 11.3 Å². The molecule has 0 saturated carbocycles. The van der Waals surface area contributed by atoms with Crippen LogP contribution < -0.4 is 10.2 Å². The highest BCUT2D eigenvalue weighted by atomic mass is 15.3. The second-order valence-electron chi connectivity index (χ2n) is 6.42. The predicted octanol–water partition coefficient (Wildman–Crippen LogP) is 5.03. The molecule has 0 aliphatic heterocycles. The molecule has 0 atom stereocenters. The molecule has 2 aromatic heterocycles. The number of hydrogen-bond donors (Lipinski definition) is 1. The molecule has 0 bridgehead atoms. The molecule has 28 heavy (non-hydrogen) atoms. The number of aromatic nitrogens is 2. The number of benzene rings is 2. The fraction of sp³-hybridized carbons (Fsp3) is 0.0833. The normalized spacial score (nSPS) is 10.6. The van der Waals surface area contributed by atoms with Gasteiger partial charge in [0.15, 0.2) is 0 Å². The van der Waals surface area contributed by atoms with Crippen LogP contribution in [0.15, 0.2) is 103 Å². The van der Waals surface area contributed by atoms with Gasteiger partial charge in [-0.15, -0.1) is 0 Å². The molecule has 0 unspecified atom stereocenters. The van der Waals surface area contributed by atoms with E-state index in [1.807, 2.05) is 72.9 Å². The van der Waals surface area contributed by atoms with Crippen LogP contribution in [0.1, 0.15) is 5.69 Å². The Labute approximate surface area is 165 Å². The Balaban J connectivity index is 1.59. The van der Waals surface area contributed by atoms with Crippen LogP contribution in [-0.2, 0) is 6.54 Å². The largest absolute Gasteiger partial charge is 0.313 e. The Hall–Kier alpha value is -3.50. The van der Waals surface area contributed by atoms with Crippen LogP contribution in [-0.4, -0.2) is 16.6 Å². The average molecular weight is 366 g/mol. The van der Waals surface area contributed by atoms with Crippen molar-refractivity contribution in [2.24, 2.45) is 0 Å². The van der Waals surface area contributed by atoms with Gasteiger partial charge in [0.1, 0.15) is 5.82 Å². The van der Waals surface area contributed by atoms with Crippen molar-refractivity contribution < 1.29 is 0 Å². The monoisotopic (exact) mass is 366 g/mol. The molecule has 4 aromatic rings. The lowest BCUT2D eigenvalue weighted by molar-refractivity contribution is 0.678. The number of nitrogens with zero attached hydrogens (tertiary/aromatic N) is 3. The molecule has 2 heterocycles. The van der Waals surface area contributed by atoms with Crippen LogP contribution in [0.3, 0.4) is 0 Å². The molecule has 4 nitrogen and oxygen atoms in total. The minimum Gasteiger partial charge on any atom is -0.313 e. The van der Waals surface area contributed by atoms with E-state index in [9.17, 15) is 0 Å². The standard InChI is InChI=1S/C24H22N4/c1-3-10-20(11-4-1)23-15-9-16-24(27-23)28(22-13-5-2-6-14-22)19-25-18-21-12-7-8-17-26-21/h1-17,25H,18-19H2. The topological polar surface area (TPSA) is 41.0 Å². The van der Waals surface area contributed by atoms with Crippen molar-refractivity contribution in [3.63, 3.8) is 0 Å². The summed E-state index contributed by atoms with van der Waals surface area (Å²) in [6.07, 6.45) is 1.82. The van der Waals surface area contributed by atoms with Gasteiger partial charge in [0.05, 0.1) is 18.1 Å². The first-order valence-corrected chi connectivity index (χ1v) is 9.36. The van der Waals surface area contributed by atoms with Crippen molar-refractivity contribution in [3.05, 3.63) is 109 Å². The Morgan fingerprint density at radius 1 is 0.714 bits per heavy atom. The lowest BCUT2D eigenvalue weighted by Gasteiger charge is -2.25. The first-order chi connectivity index (χ1) is 13.9. The van der Waals surface area contributed by atoms with Gasteiger partial charge >= 0.3 is 0 Å². The molecule has 4 rings (SSSR count). The molecular weight excluding hydrogens is 344 g/mol. The van der Waals surface area contributed by atoms with E-state index in [0.717, 1.165) is 28.5 Å². The van der Waals surface area contributed by atoms with Crippen LogP contribution >= 0.6 is 0 Å². The summed E-state index contributed by atoms with van der Waals surface area (Å²) in [6.45, 7) is 1.33. The summed E-state index contributed by atoms with van der Waals surface area (Å²) in [7, 11) is 0. The number of hydrogen-bond acceptors (Lipinski definition) is 4. The van der Waals surface area contributed by atoms with E-state index in [4.69, 9.17) is 4.98 Å². The summed E-state index contributed by atoms with van der Waals surface area (Å²) < 4.78 is 0. The van der Waals surface area contributed by atoms with Gasteiger partial charge in [-0.25, -0.2) is 4.98 Å². The van der Waals surface area contributed by atoms with Gasteiger partial charge < -0.3 is 4.90 Å². The SMILES string of the molecule is c1ccc(-c2cccc(N(CNCc3ccccn3)c3ccccc3)n2)cc1. The highest BCUT2D eigenvalue weighted by Crippen LogP contribution is 2.25. The summed E-state index contributed by atoms with van der Waals surface area (Å²) in [4.78, 5) is 11.5. The van der Waals surface area contributed by atoms with Gasteiger partial charge in [0, 0.05) is 24.0 Å². The maximum atomic E-state index is 4.92. The Bertz CT molecular complexity index is 989. The lowest BCUT2D eigenvalue weighted by atomic mass is 10.1. The van der Waals surface area contributed by atoms with Crippen LogP contribution in [0.2, 0.25) is 0 Å². The highest BCUT2D eigenvalue weighted by molar-refractivity contribution is 5.65. The van der Waals surface area contributed by atoms with Crippen molar-refractivity contribution in [2.45, 2.75) is 6.54 Å². The maximum Gasteiger partial charge on any atom is 0.134 e. The van der Waals surface area contributed by atoms with Crippen molar-refractivity contribution in [2.75, 3.05) is 11.6 Å². The van der Waals surface area contributed by atoms with Crippen LogP contribution in [0, 0.1) is 0 Å². The molecule has 0 amide bonds. The summed E-state index contributed by atoms with van der Waals surface area (Å²) in [6, 6.07) is 32.7. The number of para-hydroxylation sites is 1. The molecule has 0 aliphatic carbocycles. The van der Waals surface area contributed by atoms with Gasteiger partial charge in [0.2, 0.25) is 0 Å². The summed E-state index contributed by atoms with van der Waals surface area (Å²) >= 11 is 0. The highest BCUT2D eigenvalue weighted by Gasteiger charge is 2.11. The predicted molar refractivity (Wildman–Crippen MR) is 114 cm³/mol. The zero-order valence-electron chi connectivity index (χ0n) is 15.6. The van der Waals surface area contributed by atoms with E-state index < -0.39 is 0 Å². The third-order valence-electron chi connectivity index (χ3n) is 4.45. The van der Waals surface area contributed by atoms with Crippen molar-refractivity contribution in [1.82, 2.24) is 15.3 Å². The van der Waals surface area contributed by atoms with Gasteiger partial charge in [-0.2, -0.15) is 0 Å². The molecule has 0 fully saturated rings. The molecule has 4 heteroatoms. The van der Waals surface area contributed by atoms with E-state index in [1.165, 1.54) is 0 Å². The van der Waals surface area contributed by atoms with E-state index in [0.29, 0.717) is 13.2 Å². The van der Waals surface area contributed by atoms with Crippen LogP contribution in [0.4, 0.5) is 11.5 Å². The lowest BCUT2D eigenvalue weighted by Crippen LogP contribution is -2.31. The molecule has 1 N–H and O–H groups in total. The minimum atomic E-state index is 0.631. The Kier molecular flexibility index (Phi) is 5.71. The van der Waals surface area contributed by atoms with Crippen molar-refractivity contribution >= 4 is 11.5 Å². The number of anilines is 2. The number of nitrogens with one attached hydrogen (secondary N) is 1. The molecule has 0 aliphatic rings. The van der Waals surface area contributed by atoms with Crippen molar-refractivity contribution in [3.8, 4) is 11.3 Å². The fourth-order valence-electron chi connectivity index (χ4n) is 3.05. The summed E-state index contributed by atoms with van der Waals surface area (Å²) in [5.74, 6) is 0.904. The molecule has 0 radical (unpaired) electrons. The second kappa shape index (κ2) is 8.93. The summed E-state index contributed by atoms with van der Waals surface area (Å²) in [5.41, 5.74) is 4.18. The molecule has 2 aromatic carbocycles. The minimum absolute atomic E-state index is 0.631. The number of pyridine rings is 2. The number of rotatable bonds is 7. The van der Waals surface area contributed by atoms with Crippen LogP contribution in [0.5, 0.6) is 0 Å². The van der Waals surface area contributed by atoms with Gasteiger partial charge in [-0.05, 0) is 36.4 Å². The summed E-state index contributed by atoms with van der Waals surface area (Å²) in [5, 5.41) is 3.48. The zero-order valence-corrected chi connectivity index (χ0v) is 15.6. The molecular formula is C24H22N4. The van der Waals surface area contributed by atoms with Crippen molar-refractivity contribution in [1.29, 1.82) is 0 Å². The quantitative estimate of drug-likeness (QED) is 0.466. The van der Waals surface area contributed by atoms with Gasteiger partial charge in [-0.3, -0.25) is 10.3 Å². The molecule has 138 valence electrons. The second-order valence-corrected chi connectivity index (χ2v) is 6.42. The molecule has 0 saturated heterocycles. The van der Waals surface area contributed by atoms with E-state index in [-0.39, 0.29) is 0 Å². The third kappa shape index (κ3) is 4.42. The van der Waals surface area contributed by atoms with E-state index in [2.05, 4.69) is 45.5 Å². The maximum absolute atomic E-state index is 4.92. The van der Waals surface area contributed by atoms with Gasteiger partial charge in [-0.1, -0.05) is 60.7 Å². The average Bonchev–Trinajstić information content (AvgIpc) is 2.79. The smallest absolute Gasteiger partial charge is 0.134 e. The van der Waals surface area contributed by atoms with Gasteiger partial charge in [0.25, 0.3) is 0 Å². The third-order valence-corrected chi connectivity index (χ3v) is 4.45. The zero-order chi connectivity index (χ0) is 19.0. The molecule has 0 spiro atoms. The van der Waals surface area contributed by atoms with E-state index >= 15 is 0 Å². The fourth-order valence-corrected chi connectivity index (χ4v) is 3.05. The van der Waals surface area contributed by atoms with E-state index in [1.54, 1.807) is 0 Å². The Morgan fingerprint density at radius 3 is 2.21 bits per heavy atom. The first kappa shape index (κ1) is 17.9. The Morgan fingerprint density at radius 2 is 1.46 bits per heavy atom. The first-order valence-electron chi connectivity index (χ1n) is 9.36.